The van der Waals surface area contributed by atoms with Crippen LogP contribution >= 0.6 is 0 Å². The number of fused-ring (bicyclic) bond motifs is 1. The molecule has 0 heterocycles. The van der Waals surface area contributed by atoms with Gasteiger partial charge in [-0.05, 0) is 58.0 Å². The minimum Gasteiger partial charge on any atom is -0.310 e. The van der Waals surface area contributed by atoms with Crippen LogP contribution in [0.2, 0.25) is 0 Å². The van der Waals surface area contributed by atoms with Gasteiger partial charge in [-0.3, -0.25) is 0 Å². The van der Waals surface area contributed by atoms with Crippen LogP contribution < -0.4 is 10.4 Å². The molecule has 6 rings (SSSR count). The van der Waals surface area contributed by atoms with E-state index >= 15 is 0 Å². The molecule has 6 aromatic carbocycles. The summed E-state index contributed by atoms with van der Waals surface area (Å²) in [6.07, 6.45) is 0. The number of hydrogen-bond donors (Lipinski definition) is 0. The quantitative estimate of drug-likeness (QED) is 0.237. The Hall–Kier alpha value is -4.56. The fourth-order valence-corrected chi connectivity index (χ4v) is 4.81. The minimum absolute atomic E-state index is 1.14. The number of benzene rings is 6. The zero-order chi connectivity index (χ0) is 24.3. The second kappa shape index (κ2) is 9.60. The van der Waals surface area contributed by atoms with Gasteiger partial charge in [-0.1, -0.05) is 121 Å². The van der Waals surface area contributed by atoms with Crippen molar-refractivity contribution in [3.8, 4) is 22.3 Å². The summed E-state index contributed by atoms with van der Waals surface area (Å²) in [4.78, 5) is 2.34. The highest BCUT2D eigenvalue weighted by Crippen LogP contribution is 2.39. The van der Waals surface area contributed by atoms with E-state index in [4.69, 9.17) is 0 Å². The number of nitrogens with zero attached hydrogens (tertiary/aromatic N) is 1. The first-order valence-electron chi connectivity index (χ1n) is 12.4. The summed E-state index contributed by atoms with van der Waals surface area (Å²) in [5.41, 5.74) is 9.64. The van der Waals surface area contributed by atoms with E-state index in [0.717, 1.165) is 11.4 Å². The Kier molecular flexibility index (Phi) is 5.85. The molecule has 0 saturated carbocycles. The predicted octanol–water partition coefficient (Wildman–Crippen LogP) is 7.90. The van der Waals surface area contributed by atoms with Crippen molar-refractivity contribution in [3.63, 3.8) is 0 Å². The van der Waals surface area contributed by atoms with Gasteiger partial charge in [0.1, 0.15) is 7.85 Å². The lowest BCUT2D eigenvalue weighted by Gasteiger charge is -2.27. The van der Waals surface area contributed by atoms with Gasteiger partial charge in [0, 0.05) is 16.8 Å². The van der Waals surface area contributed by atoms with E-state index in [-0.39, 0.29) is 0 Å². The first-order valence-corrected chi connectivity index (χ1v) is 12.4. The molecule has 1 nitrogen and oxygen atoms in total. The van der Waals surface area contributed by atoms with E-state index < -0.39 is 0 Å². The molecule has 0 aromatic heterocycles. The van der Waals surface area contributed by atoms with Crippen LogP contribution in [0.15, 0.2) is 146 Å². The molecule has 0 aliphatic rings. The Balaban J connectivity index is 1.36. The number of para-hydroxylation sites is 1. The second-order valence-corrected chi connectivity index (χ2v) is 9.16. The van der Waals surface area contributed by atoms with E-state index in [1.807, 2.05) is 0 Å². The van der Waals surface area contributed by atoms with Crippen molar-refractivity contribution in [3.05, 3.63) is 146 Å². The van der Waals surface area contributed by atoms with Crippen LogP contribution in [-0.2, 0) is 0 Å². The van der Waals surface area contributed by atoms with Crippen molar-refractivity contribution >= 4 is 41.1 Å². The topological polar surface area (TPSA) is 3.24 Å². The SMILES string of the molecule is Bc1ccc(-c2ccc(-c3ccc(N(c4ccccc4)c4cccc5ccccc45)cc3)cc2)cc1. The van der Waals surface area contributed by atoms with Crippen LogP contribution in [-0.4, -0.2) is 7.85 Å². The molecule has 0 saturated heterocycles. The fourth-order valence-electron chi connectivity index (χ4n) is 4.81. The average molecular weight is 459 g/mol. The highest BCUT2D eigenvalue weighted by Gasteiger charge is 2.15. The third kappa shape index (κ3) is 4.30. The molecule has 0 unspecified atom stereocenters. The van der Waals surface area contributed by atoms with Crippen molar-refractivity contribution in [1.82, 2.24) is 0 Å². The van der Waals surface area contributed by atoms with Gasteiger partial charge < -0.3 is 4.90 Å². The molecule has 6 aromatic rings. The molecule has 0 spiro atoms. The molecular formula is C34H26BN. The monoisotopic (exact) mass is 459 g/mol. The van der Waals surface area contributed by atoms with Gasteiger partial charge in [0.05, 0.1) is 5.69 Å². The molecule has 0 amide bonds. The van der Waals surface area contributed by atoms with Crippen LogP contribution in [0.25, 0.3) is 33.0 Å². The third-order valence-corrected chi connectivity index (χ3v) is 6.75. The van der Waals surface area contributed by atoms with Crippen molar-refractivity contribution in [1.29, 1.82) is 0 Å². The minimum atomic E-state index is 1.14. The van der Waals surface area contributed by atoms with Crippen LogP contribution in [0.1, 0.15) is 0 Å². The average Bonchev–Trinajstić information content (AvgIpc) is 2.95. The lowest BCUT2D eigenvalue weighted by atomic mass is 9.93. The number of anilines is 3. The predicted molar refractivity (Wildman–Crippen MR) is 158 cm³/mol. The molecule has 170 valence electrons. The summed E-state index contributed by atoms with van der Waals surface area (Å²) in [5, 5.41) is 2.47. The van der Waals surface area contributed by atoms with E-state index in [1.54, 1.807) is 0 Å². The Bertz CT molecular complexity index is 1600. The standard InChI is InChI=1S/C34H26BN/c35-30-21-17-27(18-22-30)25-13-15-26(16-14-25)28-19-23-32(24-20-28)36(31-9-2-1-3-10-31)34-12-6-8-29-7-4-5-11-33(29)34/h1-24H,35H2. The Morgan fingerprint density at radius 2 is 0.861 bits per heavy atom. The molecule has 2 heteroatoms. The molecule has 0 fully saturated rings. The van der Waals surface area contributed by atoms with Gasteiger partial charge in [-0.15, -0.1) is 0 Å². The molecule has 0 aliphatic heterocycles. The van der Waals surface area contributed by atoms with E-state index in [2.05, 4.69) is 158 Å². The van der Waals surface area contributed by atoms with Crippen LogP contribution in [0.5, 0.6) is 0 Å². The Labute approximate surface area is 213 Å². The summed E-state index contributed by atoms with van der Waals surface area (Å²) >= 11 is 0. The molecule has 0 bridgehead atoms. The fraction of sp³-hybridized carbons (Fsp3) is 0. The second-order valence-electron chi connectivity index (χ2n) is 9.16. The summed E-state index contributed by atoms with van der Waals surface area (Å²) in [5.74, 6) is 0. The van der Waals surface area contributed by atoms with Crippen LogP contribution in [0, 0.1) is 0 Å². The summed E-state index contributed by atoms with van der Waals surface area (Å²) < 4.78 is 0. The molecule has 0 aliphatic carbocycles. The van der Waals surface area contributed by atoms with Crippen molar-refractivity contribution in [2.45, 2.75) is 0 Å². The van der Waals surface area contributed by atoms with Gasteiger partial charge >= 0.3 is 0 Å². The van der Waals surface area contributed by atoms with Crippen molar-refractivity contribution in [2.75, 3.05) is 4.90 Å². The van der Waals surface area contributed by atoms with E-state index in [9.17, 15) is 0 Å². The van der Waals surface area contributed by atoms with Gasteiger partial charge in [0.15, 0.2) is 0 Å². The largest absolute Gasteiger partial charge is 0.310 e. The Morgan fingerprint density at radius 1 is 0.389 bits per heavy atom. The third-order valence-electron chi connectivity index (χ3n) is 6.75. The van der Waals surface area contributed by atoms with Gasteiger partial charge in [0.25, 0.3) is 0 Å². The molecule has 36 heavy (non-hydrogen) atoms. The maximum absolute atomic E-state index is 2.34. The lowest BCUT2D eigenvalue weighted by molar-refractivity contribution is 1.30. The summed E-state index contributed by atoms with van der Waals surface area (Å²) in [7, 11) is 2.12. The molecule has 0 atom stereocenters. The first-order chi connectivity index (χ1) is 17.8. The normalized spacial score (nSPS) is 10.9. The number of hydrogen-bond acceptors (Lipinski definition) is 1. The van der Waals surface area contributed by atoms with Gasteiger partial charge in [0.2, 0.25) is 0 Å². The maximum Gasteiger partial charge on any atom is 0.139 e. The van der Waals surface area contributed by atoms with Crippen molar-refractivity contribution in [2.24, 2.45) is 0 Å². The highest BCUT2D eigenvalue weighted by atomic mass is 15.1. The van der Waals surface area contributed by atoms with Gasteiger partial charge in [-0.2, -0.15) is 0 Å². The van der Waals surface area contributed by atoms with Crippen molar-refractivity contribution < 1.29 is 0 Å². The van der Waals surface area contributed by atoms with Gasteiger partial charge in [-0.25, -0.2) is 0 Å². The summed E-state index contributed by atoms with van der Waals surface area (Å²) in [6, 6.07) is 52.1. The van der Waals surface area contributed by atoms with Crippen LogP contribution in [0.3, 0.4) is 0 Å². The van der Waals surface area contributed by atoms with E-state index in [0.29, 0.717) is 0 Å². The zero-order valence-electron chi connectivity index (χ0n) is 20.3. The van der Waals surface area contributed by atoms with E-state index in [1.165, 1.54) is 44.2 Å². The summed E-state index contributed by atoms with van der Waals surface area (Å²) in [6.45, 7) is 0. The zero-order valence-corrected chi connectivity index (χ0v) is 20.3. The lowest BCUT2D eigenvalue weighted by Crippen LogP contribution is -2.10. The smallest absolute Gasteiger partial charge is 0.139 e. The molecule has 0 N–H and O–H groups in total. The Morgan fingerprint density at radius 3 is 1.50 bits per heavy atom. The molecule has 0 radical (unpaired) electrons. The maximum atomic E-state index is 2.34. The first kappa shape index (κ1) is 21.9. The van der Waals surface area contributed by atoms with Crippen LogP contribution in [0.4, 0.5) is 17.1 Å². The number of rotatable bonds is 5. The molecular weight excluding hydrogens is 433 g/mol. The highest BCUT2D eigenvalue weighted by molar-refractivity contribution is 6.32.